The molecule has 3 rings (SSSR count). The van der Waals surface area contributed by atoms with Crippen LogP contribution in [0.15, 0.2) is 47.1 Å². The maximum Gasteiger partial charge on any atom is 0.315 e. The summed E-state index contributed by atoms with van der Waals surface area (Å²) in [4.78, 5) is 12.2. The standard InChI is InChI=1S/C19H24N2O4/c1-24-15-5-2-4-13(10-15)11-16(14-7-8-14)21-19(23)20-12-17(22)18-6-3-9-25-18/h2-6,9-10,14,16-17,22H,7-8,11-12H2,1H3,(H2,20,21,23). The second kappa shape index (κ2) is 8.07. The number of furan rings is 1. The number of carbonyl (C=O) groups excluding carboxylic acids is 1. The molecule has 2 amide bonds. The van der Waals surface area contributed by atoms with Crippen molar-refractivity contribution in [3.63, 3.8) is 0 Å². The van der Waals surface area contributed by atoms with Crippen molar-refractivity contribution in [3.05, 3.63) is 54.0 Å². The second-order valence-corrected chi connectivity index (χ2v) is 6.39. The number of methoxy groups -OCH3 is 1. The summed E-state index contributed by atoms with van der Waals surface area (Å²) < 4.78 is 10.4. The lowest BCUT2D eigenvalue weighted by Crippen LogP contribution is -2.45. The Morgan fingerprint density at radius 3 is 2.88 bits per heavy atom. The van der Waals surface area contributed by atoms with Crippen molar-refractivity contribution in [2.75, 3.05) is 13.7 Å². The number of aliphatic hydroxyl groups is 1. The molecule has 2 unspecified atom stereocenters. The Morgan fingerprint density at radius 2 is 2.20 bits per heavy atom. The summed E-state index contributed by atoms with van der Waals surface area (Å²) in [5.41, 5.74) is 1.13. The molecule has 6 heteroatoms. The second-order valence-electron chi connectivity index (χ2n) is 6.39. The van der Waals surface area contributed by atoms with E-state index in [1.165, 1.54) is 6.26 Å². The van der Waals surface area contributed by atoms with Gasteiger partial charge in [0.25, 0.3) is 0 Å². The molecule has 3 N–H and O–H groups in total. The Bertz CT molecular complexity index is 682. The number of urea groups is 1. The summed E-state index contributed by atoms with van der Waals surface area (Å²) in [5.74, 6) is 1.76. The van der Waals surface area contributed by atoms with Crippen LogP contribution in [-0.4, -0.2) is 30.8 Å². The smallest absolute Gasteiger partial charge is 0.315 e. The highest BCUT2D eigenvalue weighted by molar-refractivity contribution is 5.74. The minimum atomic E-state index is -0.849. The van der Waals surface area contributed by atoms with Gasteiger partial charge in [-0.25, -0.2) is 4.79 Å². The van der Waals surface area contributed by atoms with Gasteiger partial charge < -0.3 is 24.9 Å². The molecule has 1 fully saturated rings. The number of ether oxygens (including phenoxy) is 1. The Balaban J connectivity index is 1.52. The number of benzene rings is 1. The number of hydrogen-bond donors (Lipinski definition) is 3. The average molecular weight is 344 g/mol. The van der Waals surface area contributed by atoms with Crippen molar-refractivity contribution >= 4 is 6.03 Å². The molecule has 0 aliphatic heterocycles. The molecule has 0 bridgehead atoms. The Hall–Kier alpha value is -2.47. The molecular weight excluding hydrogens is 320 g/mol. The van der Waals surface area contributed by atoms with Crippen LogP contribution < -0.4 is 15.4 Å². The molecule has 1 aliphatic carbocycles. The fourth-order valence-electron chi connectivity index (χ4n) is 2.88. The first-order chi connectivity index (χ1) is 12.2. The molecule has 1 aromatic heterocycles. The number of rotatable bonds is 8. The number of carbonyl (C=O) groups is 1. The molecule has 0 spiro atoms. The molecule has 0 radical (unpaired) electrons. The summed E-state index contributed by atoms with van der Waals surface area (Å²) in [6, 6.07) is 11.1. The predicted octanol–water partition coefficient (Wildman–Crippen LogP) is 2.64. The largest absolute Gasteiger partial charge is 0.497 e. The average Bonchev–Trinajstić information content (AvgIpc) is 3.33. The van der Waals surface area contributed by atoms with Crippen LogP contribution in [0.25, 0.3) is 0 Å². The van der Waals surface area contributed by atoms with Gasteiger partial charge in [-0.1, -0.05) is 12.1 Å². The van der Waals surface area contributed by atoms with E-state index in [-0.39, 0.29) is 18.6 Å². The minimum absolute atomic E-state index is 0.0767. The molecule has 6 nitrogen and oxygen atoms in total. The third-order valence-electron chi connectivity index (χ3n) is 4.42. The van der Waals surface area contributed by atoms with Crippen LogP contribution >= 0.6 is 0 Å². The van der Waals surface area contributed by atoms with Gasteiger partial charge in [0.2, 0.25) is 0 Å². The first-order valence-corrected chi connectivity index (χ1v) is 8.54. The van der Waals surface area contributed by atoms with Crippen molar-refractivity contribution in [2.45, 2.75) is 31.4 Å². The molecule has 0 saturated heterocycles. The Kier molecular flexibility index (Phi) is 5.60. The SMILES string of the molecule is COc1cccc(CC(NC(=O)NCC(O)c2ccco2)C2CC2)c1. The van der Waals surface area contributed by atoms with Gasteiger partial charge in [-0.3, -0.25) is 0 Å². The quantitative estimate of drug-likeness (QED) is 0.687. The van der Waals surface area contributed by atoms with Gasteiger partial charge in [-0.2, -0.15) is 0 Å². The van der Waals surface area contributed by atoms with E-state index in [9.17, 15) is 9.90 Å². The lowest BCUT2D eigenvalue weighted by atomic mass is 10.0. The van der Waals surface area contributed by atoms with E-state index in [2.05, 4.69) is 10.6 Å². The zero-order valence-electron chi connectivity index (χ0n) is 14.3. The highest BCUT2D eigenvalue weighted by atomic mass is 16.5. The zero-order chi connectivity index (χ0) is 17.6. The van der Waals surface area contributed by atoms with Gasteiger partial charge in [0.15, 0.2) is 0 Å². The Morgan fingerprint density at radius 1 is 1.36 bits per heavy atom. The molecule has 134 valence electrons. The van der Waals surface area contributed by atoms with Gasteiger partial charge in [0, 0.05) is 6.04 Å². The first kappa shape index (κ1) is 17.4. The van der Waals surface area contributed by atoms with Crippen molar-refractivity contribution in [3.8, 4) is 5.75 Å². The summed E-state index contributed by atoms with van der Waals surface area (Å²) >= 11 is 0. The third kappa shape index (κ3) is 5.00. The van der Waals surface area contributed by atoms with Crippen LogP contribution in [0, 0.1) is 5.92 Å². The van der Waals surface area contributed by atoms with Gasteiger partial charge in [-0.05, 0) is 55.0 Å². The van der Waals surface area contributed by atoms with Gasteiger partial charge >= 0.3 is 6.03 Å². The molecule has 1 saturated carbocycles. The fraction of sp³-hybridized carbons (Fsp3) is 0.421. The summed E-state index contributed by atoms with van der Waals surface area (Å²) in [6.45, 7) is 0.107. The van der Waals surface area contributed by atoms with Gasteiger partial charge in [0.1, 0.15) is 17.6 Å². The maximum absolute atomic E-state index is 12.2. The molecule has 2 aromatic rings. The monoisotopic (exact) mass is 344 g/mol. The number of hydrogen-bond acceptors (Lipinski definition) is 4. The van der Waals surface area contributed by atoms with Crippen molar-refractivity contribution < 1.29 is 19.1 Å². The van der Waals surface area contributed by atoms with E-state index in [0.717, 1.165) is 30.6 Å². The van der Waals surface area contributed by atoms with E-state index in [1.807, 2.05) is 24.3 Å². The van der Waals surface area contributed by atoms with Crippen LogP contribution in [0.1, 0.15) is 30.3 Å². The molecule has 25 heavy (non-hydrogen) atoms. The highest BCUT2D eigenvalue weighted by Gasteiger charge is 2.32. The number of amides is 2. The van der Waals surface area contributed by atoms with E-state index in [1.54, 1.807) is 19.2 Å². The normalized spacial score (nSPS) is 16.1. The lowest BCUT2D eigenvalue weighted by Gasteiger charge is -2.20. The summed E-state index contributed by atoms with van der Waals surface area (Å²) in [5, 5.41) is 15.7. The molecular formula is C19H24N2O4. The molecule has 1 aliphatic rings. The van der Waals surface area contributed by atoms with Crippen LogP contribution in [0.2, 0.25) is 0 Å². The maximum atomic E-state index is 12.2. The number of aliphatic hydroxyl groups excluding tert-OH is 1. The minimum Gasteiger partial charge on any atom is -0.497 e. The Labute approximate surface area is 147 Å². The molecule has 1 heterocycles. The van der Waals surface area contributed by atoms with Crippen LogP contribution in [0.4, 0.5) is 4.79 Å². The number of nitrogens with one attached hydrogen (secondary N) is 2. The van der Waals surface area contributed by atoms with Gasteiger partial charge in [0.05, 0.1) is 19.9 Å². The van der Waals surface area contributed by atoms with Crippen LogP contribution in [0.5, 0.6) is 5.75 Å². The van der Waals surface area contributed by atoms with E-state index in [4.69, 9.17) is 9.15 Å². The third-order valence-corrected chi connectivity index (χ3v) is 4.42. The molecule has 1 aromatic carbocycles. The van der Waals surface area contributed by atoms with Crippen molar-refractivity contribution in [1.29, 1.82) is 0 Å². The van der Waals surface area contributed by atoms with Crippen molar-refractivity contribution in [1.82, 2.24) is 10.6 Å². The molecule has 2 atom stereocenters. The first-order valence-electron chi connectivity index (χ1n) is 8.54. The van der Waals surface area contributed by atoms with Gasteiger partial charge in [-0.15, -0.1) is 0 Å². The van der Waals surface area contributed by atoms with E-state index in [0.29, 0.717) is 11.7 Å². The van der Waals surface area contributed by atoms with Crippen LogP contribution in [-0.2, 0) is 6.42 Å². The van der Waals surface area contributed by atoms with Crippen molar-refractivity contribution in [2.24, 2.45) is 5.92 Å². The topological polar surface area (TPSA) is 83.7 Å². The highest BCUT2D eigenvalue weighted by Crippen LogP contribution is 2.34. The fourth-order valence-corrected chi connectivity index (χ4v) is 2.88. The summed E-state index contributed by atoms with van der Waals surface area (Å²) in [7, 11) is 1.65. The lowest BCUT2D eigenvalue weighted by molar-refractivity contribution is 0.147. The predicted molar refractivity (Wildman–Crippen MR) is 93.4 cm³/mol. The van der Waals surface area contributed by atoms with E-state index < -0.39 is 6.10 Å². The van der Waals surface area contributed by atoms with E-state index >= 15 is 0 Å². The summed E-state index contributed by atoms with van der Waals surface area (Å²) in [6.07, 6.45) is 3.67. The van der Waals surface area contributed by atoms with Crippen LogP contribution in [0.3, 0.4) is 0 Å². The zero-order valence-corrected chi connectivity index (χ0v) is 14.3.